The highest BCUT2D eigenvalue weighted by Crippen LogP contribution is 2.19. The third-order valence-corrected chi connectivity index (χ3v) is 2.35. The molecular weight excluding hydrogens is 212 g/mol. The first-order valence-corrected chi connectivity index (χ1v) is 5.47. The summed E-state index contributed by atoms with van der Waals surface area (Å²) in [7, 11) is 0. The minimum absolute atomic E-state index is 0.0144. The van der Waals surface area contributed by atoms with E-state index < -0.39 is 11.6 Å². The number of aliphatic hydroxyl groups excluding tert-OH is 1. The van der Waals surface area contributed by atoms with E-state index in [0.717, 1.165) is 19.0 Å². The van der Waals surface area contributed by atoms with Crippen molar-refractivity contribution in [1.82, 2.24) is 5.32 Å². The van der Waals surface area contributed by atoms with Crippen molar-refractivity contribution < 1.29 is 13.9 Å². The van der Waals surface area contributed by atoms with Crippen molar-refractivity contribution >= 4 is 0 Å². The highest BCUT2D eigenvalue weighted by atomic mass is 19.1. The molecule has 0 saturated heterocycles. The molecule has 0 aliphatic carbocycles. The average molecular weight is 229 g/mol. The van der Waals surface area contributed by atoms with Crippen LogP contribution in [0.1, 0.15) is 31.4 Å². The van der Waals surface area contributed by atoms with Gasteiger partial charge in [-0.1, -0.05) is 6.92 Å². The molecule has 90 valence electrons. The van der Waals surface area contributed by atoms with Gasteiger partial charge in [0.1, 0.15) is 11.6 Å². The van der Waals surface area contributed by atoms with Gasteiger partial charge < -0.3 is 10.4 Å². The van der Waals surface area contributed by atoms with E-state index in [1.807, 2.05) is 6.92 Å². The highest BCUT2D eigenvalue weighted by molar-refractivity contribution is 5.21. The maximum absolute atomic E-state index is 13.0. The largest absolute Gasteiger partial charge is 0.396 e. The van der Waals surface area contributed by atoms with Crippen LogP contribution in [-0.2, 0) is 0 Å². The molecule has 2 nitrogen and oxygen atoms in total. The zero-order valence-corrected chi connectivity index (χ0v) is 9.34. The summed E-state index contributed by atoms with van der Waals surface area (Å²) in [6.07, 6.45) is 1.38. The summed E-state index contributed by atoms with van der Waals surface area (Å²) in [4.78, 5) is 0. The summed E-state index contributed by atoms with van der Waals surface area (Å²) < 4.78 is 26.0. The van der Waals surface area contributed by atoms with Crippen LogP contribution in [0.3, 0.4) is 0 Å². The Morgan fingerprint density at radius 2 is 1.88 bits per heavy atom. The SMILES string of the molecule is CCCNC(CCO)c1cc(F)cc(F)c1. The normalized spacial score (nSPS) is 12.8. The van der Waals surface area contributed by atoms with Crippen molar-refractivity contribution in [3.63, 3.8) is 0 Å². The second kappa shape index (κ2) is 6.55. The maximum atomic E-state index is 13.0. The number of rotatable bonds is 6. The Bertz CT molecular complexity index is 311. The first kappa shape index (κ1) is 13.1. The summed E-state index contributed by atoms with van der Waals surface area (Å²) in [5.74, 6) is -1.17. The van der Waals surface area contributed by atoms with E-state index in [2.05, 4.69) is 5.32 Å². The lowest BCUT2D eigenvalue weighted by Crippen LogP contribution is -2.23. The third kappa shape index (κ3) is 3.87. The summed E-state index contributed by atoms with van der Waals surface area (Å²) in [6.45, 7) is 2.75. The molecule has 0 amide bonds. The van der Waals surface area contributed by atoms with E-state index in [1.54, 1.807) is 0 Å². The molecule has 0 aliphatic rings. The van der Waals surface area contributed by atoms with E-state index in [4.69, 9.17) is 5.11 Å². The fourth-order valence-corrected chi connectivity index (χ4v) is 1.61. The van der Waals surface area contributed by atoms with Gasteiger partial charge in [-0.05, 0) is 37.1 Å². The van der Waals surface area contributed by atoms with Gasteiger partial charge in [0.05, 0.1) is 0 Å². The molecule has 1 aromatic carbocycles. The number of aliphatic hydroxyl groups is 1. The molecule has 2 N–H and O–H groups in total. The molecule has 1 atom stereocenters. The molecule has 0 aliphatic heterocycles. The van der Waals surface area contributed by atoms with Gasteiger partial charge in [0, 0.05) is 18.7 Å². The van der Waals surface area contributed by atoms with Gasteiger partial charge in [0.25, 0.3) is 0 Å². The van der Waals surface area contributed by atoms with Crippen LogP contribution < -0.4 is 5.32 Å². The van der Waals surface area contributed by atoms with Crippen molar-refractivity contribution in [3.8, 4) is 0 Å². The first-order valence-electron chi connectivity index (χ1n) is 5.47. The predicted molar refractivity (Wildman–Crippen MR) is 59.1 cm³/mol. The van der Waals surface area contributed by atoms with E-state index in [1.165, 1.54) is 12.1 Å². The van der Waals surface area contributed by atoms with Gasteiger partial charge in [0.2, 0.25) is 0 Å². The summed E-state index contributed by atoms with van der Waals surface area (Å²) in [6, 6.07) is 3.24. The fraction of sp³-hybridized carbons (Fsp3) is 0.500. The monoisotopic (exact) mass is 229 g/mol. The molecule has 0 heterocycles. The summed E-state index contributed by atoms with van der Waals surface area (Å²) >= 11 is 0. The molecule has 16 heavy (non-hydrogen) atoms. The molecule has 1 aromatic rings. The Balaban J connectivity index is 2.82. The van der Waals surface area contributed by atoms with Crippen LogP contribution in [0.15, 0.2) is 18.2 Å². The van der Waals surface area contributed by atoms with Crippen molar-refractivity contribution in [2.24, 2.45) is 0 Å². The first-order chi connectivity index (χ1) is 7.67. The van der Waals surface area contributed by atoms with Crippen molar-refractivity contribution in [2.75, 3.05) is 13.2 Å². The molecule has 0 fully saturated rings. The number of hydrogen-bond donors (Lipinski definition) is 2. The summed E-state index contributed by atoms with van der Waals surface area (Å²) in [5, 5.41) is 12.1. The predicted octanol–water partition coefficient (Wildman–Crippen LogP) is 2.39. The molecule has 1 rings (SSSR count). The van der Waals surface area contributed by atoms with Crippen LogP contribution in [0, 0.1) is 11.6 Å². The Morgan fingerprint density at radius 1 is 1.25 bits per heavy atom. The lowest BCUT2D eigenvalue weighted by atomic mass is 10.0. The van der Waals surface area contributed by atoms with E-state index >= 15 is 0 Å². The fourth-order valence-electron chi connectivity index (χ4n) is 1.61. The van der Waals surface area contributed by atoms with Crippen molar-refractivity contribution in [2.45, 2.75) is 25.8 Å². The smallest absolute Gasteiger partial charge is 0.126 e. The number of halogens is 2. The van der Waals surface area contributed by atoms with Crippen LogP contribution in [0.25, 0.3) is 0 Å². The number of benzene rings is 1. The van der Waals surface area contributed by atoms with Crippen LogP contribution in [0.2, 0.25) is 0 Å². The lowest BCUT2D eigenvalue weighted by Gasteiger charge is -2.18. The molecule has 0 saturated carbocycles. The van der Waals surface area contributed by atoms with Crippen molar-refractivity contribution in [3.05, 3.63) is 35.4 Å². The Labute approximate surface area is 94.3 Å². The van der Waals surface area contributed by atoms with E-state index in [9.17, 15) is 8.78 Å². The summed E-state index contributed by atoms with van der Waals surface area (Å²) in [5.41, 5.74) is 0.542. The maximum Gasteiger partial charge on any atom is 0.126 e. The van der Waals surface area contributed by atoms with Crippen LogP contribution in [0.4, 0.5) is 8.78 Å². The standard InChI is InChI=1S/C12H17F2NO/c1-2-4-15-12(3-5-16)9-6-10(13)8-11(14)7-9/h6-8,12,15-16H,2-5H2,1H3. The number of nitrogens with one attached hydrogen (secondary N) is 1. The van der Waals surface area contributed by atoms with Crippen LogP contribution in [-0.4, -0.2) is 18.3 Å². The zero-order chi connectivity index (χ0) is 12.0. The highest BCUT2D eigenvalue weighted by Gasteiger charge is 2.12. The van der Waals surface area contributed by atoms with Gasteiger partial charge >= 0.3 is 0 Å². The quantitative estimate of drug-likeness (QED) is 0.785. The number of hydrogen-bond acceptors (Lipinski definition) is 2. The second-order valence-corrected chi connectivity index (χ2v) is 3.72. The van der Waals surface area contributed by atoms with Gasteiger partial charge in [-0.3, -0.25) is 0 Å². The van der Waals surface area contributed by atoms with Gasteiger partial charge in [-0.15, -0.1) is 0 Å². The lowest BCUT2D eigenvalue weighted by molar-refractivity contribution is 0.265. The topological polar surface area (TPSA) is 32.3 Å². The van der Waals surface area contributed by atoms with Crippen LogP contribution in [0.5, 0.6) is 0 Å². The van der Waals surface area contributed by atoms with Gasteiger partial charge in [-0.25, -0.2) is 8.78 Å². The molecule has 0 aromatic heterocycles. The minimum atomic E-state index is -0.587. The Kier molecular flexibility index (Phi) is 5.35. The molecule has 0 spiro atoms. The minimum Gasteiger partial charge on any atom is -0.396 e. The van der Waals surface area contributed by atoms with Gasteiger partial charge in [0.15, 0.2) is 0 Å². The Hall–Kier alpha value is -1.00. The van der Waals surface area contributed by atoms with Crippen molar-refractivity contribution in [1.29, 1.82) is 0 Å². The molecule has 0 bridgehead atoms. The molecule has 1 unspecified atom stereocenters. The van der Waals surface area contributed by atoms with E-state index in [0.29, 0.717) is 12.0 Å². The van der Waals surface area contributed by atoms with Crippen LogP contribution >= 0.6 is 0 Å². The molecule has 0 radical (unpaired) electrons. The molecule has 4 heteroatoms. The molecular formula is C12H17F2NO. The van der Waals surface area contributed by atoms with E-state index in [-0.39, 0.29) is 12.6 Å². The zero-order valence-electron chi connectivity index (χ0n) is 9.34. The average Bonchev–Trinajstić information content (AvgIpc) is 2.22. The third-order valence-electron chi connectivity index (χ3n) is 2.35. The second-order valence-electron chi connectivity index (χ2n) is 3.72. The Morgan fingerprint density at radius 3 is 2.38 bits per heavy atom. The van der Waals surface area contributed by atoms with Gasteiger partial charge in [-0.2, -0.15) is 0 Å².